The Morgan fingerprint density at radius 1 is 1.10 bits per heavy atom. The van der Waals surface area contributed by atoms with Crippen LogP contribution < -0.4 is 5.32 Å². The molecule has 5 heteroatoms. The highest BCUT2D eigenvalue weighted by Crippen LogP contribution is 2.14. The number of carboxylic acids is 1. The lowest BCUT2D eigenvalue weighted by atomic mass is 10.1. The van der Waals surface area contributed by atoms with Gasteiger partial charge in [-0.25, -0.2) is 4.39 Å². The second kappa shape index (κ2) is 6.65. The van der Waals surface area contributed by atoms with E-state index in [1.54, 1.807) is 24.3 Å². The minimum atomic E-state index is -0.865. The van der Waals surface area contributed by atoms with Crippen molar-refractivity contribution in [2.75, 3.05) is 5.32 Å². The number of rotatable bonds is 5. The number of aryl methyl sites for hydroxylation is 1. The van der Waals surface area contributed by atoms with Crippen LogP contribution in [0, 0.1) is 5.82 Å². The van der Waals surface area contributed by atoms with Gasteiger partial charge >= 0.3 is 5.97 Å². The molecule has 0 unspecified atom stereocenters. The molecule has 0 saturated heterocycles. The first kappa shape index (κ1) is 14.7. The number of hydrogen-bond acceptors (Lipinski definition) is 2. The van der Waals surface area contributed by atoms with E-state index in [0.29, 0.717) is 17.7 Å². The Bertz CT molecular complexity index is 653. The van der Waals surface area contributed by atoms with Gasteiger partial charge in [0.15, 0.2) is 0 Å². The first-order valence-electron chi connectivity index (χ1n) is 6.42. The Balaban J connectivity index is 2.05. The van der Waals surface area contributed by atoms with Crippen LogP contribution >= 0.6 is 0 Å². The molecule has 2 aromatic carbocycles. The summed E-state index contributed by atoms with van der Waals surface area (Å²) in [5.74, 6) is -1.61. The van der Waals surface area contributed by atoms with Crippen molar-refractivity contribution in [3.8, 4) is 0 Å². The van der Waals surface area contributed by atoms with Crippen LogP contribution in [0.2, 0.25) is 0 Å². The normalized spacial score (nSPS) is 10.1. The summed E-state index contributed by atoms with van der Waals surface area (Å²) >= 11 is 0. The molecule has 0 spiro atoms. The van der Waals surface area contributed by atoms with Crippen molar-refractivity contribution in [1.82, 2.24) is 0 Å². The van der Waals surface area contributed by atoms with Crippen molar-refractivity contribution < 1.29 is 19.1 Å². The minimum absolute atomic E-state index is 0.0371. The summed E-state index contributed by atoms with van der Waals surface area (Å²) in [7, 11) is 0. The molecule has 0 bridgehead atoms. The fourth-order valence-electron chi connectivity index (χ4n) is 1.86. The van der Waals surface area contributed by atoms with Gasteiger partial charge in [-0.15, -0.1) is 0 Å². The van der Waals surface area contributed by atoms with E-state index in [-0.39, 0.29) is 12.3 Å². The first-order chi connectivity index (χ1) is 10.0. The highest BCUT2D eigenvalue weighted by molar-refractivity contribution is 6.04. The quantitative estimate of drug-likeness (QED) is 0.888. The summed E-state index contributed by atoms with van der Waals surface area (Å²) in [6.45, 7) is 0. The monoisotopic (exact) mass is 287 g/mol. The van der Waals surface area contributed by atoms with Crippen LogP contribution in [0.1, 0.15) is 22.3 Å². The summed E-state index contributed by atoms with van der Waals surface area (Å²) in [4.78, 5) is 22.5. The van der Waals surface area contributed by atoms with Gasteiger partial charge in [0.1, 0.15) is 5.82 Å². The van der Waals surface area contributed by atoms with Gasteiger partial charge in [-0.3, -0.25) is 9.59 Å². The van der Waals surface area contributed by atoms with E-state index in [1.165, 1.54) is 24.3 Å². The molecule has 0 aliphatic carbocycles. The average Bonchev–Trinajstić information content (AvgIpc) is 2.46. The molecular formula is C16H14FNO3. The van der Waals surface area contributed by atoms with Crippen molar-refractivity contribution in [2.45, 2.75) is 12.8 Å². The Morgan fingerprint density at radius 2 is 1.81 bits per heavy atom. The van der Waals surface area contributed by atoms with Crippen LogP contribution in [-0.4, -0.2) is 17.0 Å². The van der Waals surface area contributed by atoms with Crippen molar-refractivity contribution in [2.24, 2.45) is 0 Å². The van der Waals surface area contributed by atoms with Crippen molar-refractivity contribution in [1.29, 1.82) is 0 Å². The number of carbonyl (C=O) groups excluding carboxylic acids is 1. The molecule has 0 atom stereocenters. The number of hydrogen-bond donors (Lipinski definition) is 2. The summed E-state index contributed by atoms with van der Waals surface area (Å²) in [6.07, 6.45) is 0.435. The van der Waals surface area contributed by atoms with E-state index in [9.17, 15) is 14.0 Å². The molecule has 0 aromatic heterocycles. The predicted octanol–water partition coefficient (Wildman–Crippen LogP) is 3.10. The van der Waals surface area contributed by atoms with Crippen LogP contribution in [-0.2, 0) is 11.2 Å². The molecular weight excluding hydrogens is 273 g/mol. The van der Waals surface area contributed by atoms with E-state index in [1.807, 2.05) is 0 Å². The zero-order chi connectivity index (χ0) is 15.2. The molecule has 0 radical (unpaired) electrons. The number of anilines is 1. The Hall–Kier alpha value is -2.69. The molecule has 0 fully saturated rings. The number of aliphatic carboxylic acids is 1. The lowest BCUT2D eigenvalue weighted by Crippen LogP contribution is -2.12. The molecule has 2 N–H and O–H groups in total. The van der Waals surface area contributed by atoms with Gasteiger partial charge < -0.3 is 10.4 Å². The summed E-state index contributed by atoms with van der Waals surface area (Å²) in [5.41, 5.74) is 1.76. The van der Waals surface area contributed by atoms with E-state index < -0.39 is 11.8 Å². The SMILES string of the molecule is O=C(O)CCc1cccc(NC(=O)c2ccc(F)cc2)c1. The van der Waals surface area contributed by atoms with Gasteiger partial charge in [-0.1, -0.05) is 12.1 Å². The molecule has 0 aliphatic heterocycles. The van der Waals surface area contributed by atoms with Gasteiger partial charge in [0, 0.05) is 17.7 Å². The van der Waals surface area contributed by atoms with E-state index >= 15 is 0 Å². The van der Waals surface area contributed by atoms with E-state index in [2.05, 4.69) is 5.32 Å². The Labute approximate surface area is 121 Å². The number of benzene rings is 2. The topological polar surface area (TPSA) is 66.4 Å². The summed E-state index contributed by atoms with van der Waals surface area (Å²) in [6, 6.07) is 12.2. The molecule has 0 saturated carbocycles. The smallest absolute Gasteiger partial charge is 0.303 e. The zero-order valence-electron chi connectivity index (χ0n) is 11.2. The largest absolute Gasteiger partial charge is 0.481 e. The molecule has 0 aliphatic rings. The minimum Gasteiger partial charge on any atom is -0.481 e. The van der Waals surface area contributed by atoms with Crippen molar-refractivity contribution in [3.63, 3.8) is 0 Å². The van der Waals surface area contributed by atoms with Gasteiger partial charge in [0.05, 0.1) is 0 Å². The standard InChI is InChI=1S/C16H14FNO3/c17-13-7-5-12(6-8-13)16(21)18-14-3-1-2-11(10-14)4-9-15(19)20/h1-3,5-8,10H,4,9H2,(H,18,21)(H,19,20). The maximum Gasteiger partial charge on any atom is 0.303 e. The molecule has 0 heterocycles. The molecule has 2 aromatic rings. The summed E-state index contributed by atoms with van der Waals surface area (Å²) in [5, 5.41) is 11.4. The number of carboxylic acid groups (broad SMARTS) is 1. The number of nitrogens with one attached hydrogen (secondary N) is 1. The first-order valence-corrected chi connectivity index (χ1v) is 6.42. The molecule has 21 heavy (non-hydrogen) atoms. The second-order valence-electron chi connectivity index (χ2n) is 4.56. The maximum atomic E-state index is 12.8. The molecule has 108 valence electrons. The zero-order valence-corrected chi connectivity index (χ0v) is 11.2. The highest BCUT2D eigenvalue weighted by Gasteiger charge is 2.07. The number of halogens is 1. The Morgan fingerprint density at radius 3 is 2.48 bits per heavy atom. The van der Waals surface area contributed by atoms with Crippen LogP contribution in [0.25, 0.3) is 0 Å². The number of amides is 1. The van der Waals surface area contributed by atoms with Gasteiger partial charge in [-0.05, 0) is 48.4 Å². The molecule has 1 amide bonds. The second-order valence-corrected chi connectivity index (χ2v) is 4.56. The number of carbonyl (C=O) groups is 2. The third kappa shape index (κ3) is 4.42. The van der Waals surface area contributed by atoms with Gasteiger partial charge in [-0.2, -0.15) is 0 Å². The molecule has 4 nitrogen and oxygen atoms in total. The fourth-order valence-corrected chi connectivity index (χ4v) is 1.86. The third-order valence-corrected chi connectivity index (χ3v) is 2.92. The van der Waals surface area contributed by atoms with Crippen LogP contribution in [0.3, 0.4) is 0 Å². The average molecular weight is 287 g/mol. The van der Waals surface area contributed by atoms with Gasteiger partial charge in [0.2, 0.25) is 0 Å². The Kier molecular flexibility index (Phi) is 4.66. The molecule has 2 rings (SSSR count). The van der Waals surface area contributed by atoms with Crippen LogP contribution in [0.4, 0.5) is 10.1 Å². The highest BCUT2D eigenvalue weighted by atomic mass is 19.1. The van der Waals surface area contributed by atoms with Gasteiger partial charge in [0.25, 0.3) is 5.91 Å². The predicted molar refractivity (Wildman–Crippen MR) is 76.8 cm³/mol. The van der Waals surface area contributed by atoms with Crippen LogP contribution in [0.15, 0.2) is 48.5 Å². The van der Waals surface area contributed by atoms with Crippen LogP contribution in [0.5, 0.6) is 0 Å². The van der Waals surface area contributed by atoms with E-state index in [0.717, 1.165) is 5.56 Å². The lowest BCUT2D eigenvalue weighted by Gasteiger charge is -2.07. The maximum absolute atomic E-state index is 12.8. The third-order valence-electron chi connectivity index (χ3n) is 2.92. The van der Waals surface area contributed by atoms with E-state index in [4.69, 9.17) is 5.11 Å². The fraction of sp³-hybridized carbons (Fsp3) is 0.125. The lowest BCUT2D eigenvalue weighted by molar-refractivity contribution is -0.136. The van der Waals surface area contributed by atoms with Crippen molar-refractivity contribution >= 4 is 17.6 Å². The van der Waals surface area contributed by atoms with Crippen molar-refractivity contribution in [3.05, 3.63) is 65.5 Å². The summed E-state index contributed by atoms with van der Waals surface area (Å²) < 4.78 is 12.8.